The molecule has 0 N–H and O–H groups in total. The van der Waals surface area contributed by atoms with Crippen LogP contribution in [0.15, 0.2) is 53.6 Å². The van der Waals surface area contributed by atoms with Crippen molar-refractivity contribution in [3.8, 4) is 0 Å². The summed E-state index contributed by atoms with van der Waals surface area (Å²) in [4.78, 5) is 0.0868. The maximum atomic E-state index is 14.8. The Morgan fingerprint density at radius 2 is 1.55 bits per heavy atom. The third kappa shape index (κ3) is 3.10. The molecule has 1 aliphatic rings. The van der Waals surface area contributed by atoms with Gasteiger partial charge in [-0.1, -0.05) is 29.8 Å². The van der Waals surface area contributed by atoms with Crippen LogP contribution in [0.25, 0.3) is 10.9 Å². The molecular formula is C21H23BFNO4S. The van der Waals surface area contributed by atoms with Crippen molar-refractivity contribution < 1.29 is 22.1 Å². The first-order valence-electron chi connectivity index (χ1n) is 9.41. The smallest absolute Gasteiger partial charge is 0.399 e. The van der Waals surface area contributed by atoms with Crippen LogP contribution in [0.2, 0.25) is 0 Å². The summed E-state index contributed by atoms with van der Waals surface area (Å²) in [6, 6.07) is 10.9. The number of aryl methyl sites for hydroxylation is 1. The molecule has 8 heteroatoms. The molecule has 2 aromatic carbocycles. The Balaban J connectivity index is 1.93. The van der Waals surface area contributed by atoms with Crippen LogP contribution >= 0.6 is 0 Å². The monoisotopic (exact) mass is 415 g/mol. The standard InChI is InChI=1S/C21H23BFNO4S/c1-14-9-11-15(12-10-14)29(25,26)24-13-17(16-7-6-8-18(23)19(16)24)22-27-20(2,3)21(4,5)28-22/h6-13H,1-5H3. The van der Waals surface area contributed by atoms with E-state index < -0.39 is 34.2 Å². The molecule has 1 aliphatic heterocycles. The van der Waals surface area contributed by atoms with E-state index in [1.165, 1.54) is 24.4 Å². The number of aromatic nitrogens is 1. The zero-order valence-electron chi connectivity index (χ0n) is 17.1. The van der Waals surface area contributed by atoms with Gasteiger partial charge in [-0.25, -0.2) is 16.8 Å². The van der Waals surface area contributed by atoms with Crippen molar-refractivity contribution in [1.82, 2.24) is 3.97 Å². The van der Waals surface area contributed by atoms with E-state index in [4.69, 9.17) is 9.31 Å². The molecule has 5 nitrogen and oxygen atoms in total. The fraction of sp³-hybridized carbons (Fsp3) is 0.333. The molecule has 3 aromatic rings. The van der Waals surface area contributed by atoms with Crippen LogP contribution in [0, 0.1) is 12.7 Å². The predicted molar refractivity (Wildman–Crippen MR) is 111 cm³/mol. The molecule has 1 fully saturated rings. The molecule has 1 aromatic heterocycles. The number of para-hydroxylation sites is 1. The van der Waals surface area contributed by atoms with Crippen LogP contribution in [0.5, 0.6) is 0 Å². The number of nitrogens with zero attached hydrogens (tertiary/aromatic N) is 1. The molecule has 4 rings (SSSR count). The largest absolute Gasteiger partial charge is 0.497 e. The third-order valence-corrected chi connectivity index (χ3v) is 7.53. The van der Waals surface area contributed by atoms with Gasteiger partial charge in [-0.3, -0.25) is 0 Å². The summed E-state index contributed by atoms with van der Waals surface area (Å²) >= 11 is 0. The molecule has 152 valence electrons. The molecule has 0 saturated carbocycles. The Morgan fingerprint density at radius 3 is 2.14 bits per heavy atom. The van der Waals surface area contributed by atoms with E-state index in [1.807, 2.05) is 34.6 Å². The fourth-order valence-electron chi connectivity index (χ4n) is 3.40. The Bertz CT molecular complexity index is 1180. The van der Waals surface area contributed by atoms with Crippen LogP contribution in [-0.4, -0.2) is 30.7 Å². The van der Waals surface area contributed by atoms with E-state index in [9.17, 15) is 12.8 Å². The lowest BCUT2D eigenvalue weighted by Crippen LogP contribution is -2.41. The van der Waals surface area contributed by atoms with E-state index in [1.54, 1.807) is 24.3 Å². The summed E-state index contributed by atoms with van der Waals surface area (Å²) in [6.45, 7) is 9.52. The second-order valence-electron chi connectivity index (χ2n) is 8.42. The van der Waals surface area contributed by atoms with Gasteiger partial charge in [-0.2, -0.15) is 0 Å². The normalized spacial score (nSPS) is 18.5. The summed E-state index contributed by atoms with van der Waals surface area (Å²) in [5.41, 5.74) is 0.196. The van der Waals surface area contributed by atoms with Crippen molar-refractivity contribution in [2.75, 3.05) is 0 Å². The molecule has 1 saturated heterocycles. The molecule has 0 bridgehead atoms. The molecule has 0 atom stereocenters. The number of rotatable bonds is 3. The highest BCUT2D eigenvalue weighted by atomic mass is 32.2. The second kappa shape index (κ2) is 6.42. The van der Waals surface area contributed by atoms with Crippen LogP contribution < -0.4 is 5.46 Å². The summed E-state index contributed by atoms with van der Waals surface area (Å²) < 4.78 is 54.6. The molecule has 29 heavy (non-hydrogen) atoms. The van der Waals surface area contributed by atoms with E-state index >= 15 is 0 Å². The second-order valence-corrected chi connectivity index (χ2v) is 10.2. The van der Waals surface area contributed by atoms with Gasteiger partial charge in [0.15, 0.2) is 0 Å². The van der Waals surface area contributed by atoms with Gasteiger partial charge in [0.25, 0.3) is 10.0 Å². The summed E-state index contributed by atoms with van der Waals surface area (Å²) in [6.07, 6.45) is 1.41. The van der Waals surface area contributed by atoms with Crippen LogP contribution in [-0.2, 0) is 19.3 Å². The first-order chi connectivity index (χ1) is 13.4. The highest BCUT2D eigenvalue weighted by molar-refractivity contribution is 7.90. The van der Waals surface area contributed by atoms with E-state index in [0.29, 0.717) is 10.8 Å². The highest BCUT2D eigenvalue weighted by Crippen LogP contribution is 2.37. The lowest BCUT2D eigenvalue weighted by molar-refractivity contribution is 0.00578. The Morgan fingerprint density at radius 1 is 0.966 bits per heavy atom. The fourth-order valence-corrected chi connectivity index (χ4v) is 4.79. The Kier molecular flexibility index (Phi) is 4.46. The highest BCUT2D eigenvalue weighted by Gasteiger charge is 2.52. The van der Waals surface area contributed by atoms with Gasteiger partial charge in [0.1, 0.15) is 5.82 Å². The first-order valence-corrected chi connectivity index (χ1v) is 10.9. The van der Waals surface area contributed by atoms with Crippen molar-refractivity contribution in [2.24, 2.45) is 0 Å². The number of halogens is 1. The lowest BCUT2D eigenvalue weighted by Gasteiger charge is -2.32. The van der Waals surface area contributed by atoms with Gasteiger partial charge >= 0.3 is 7.12 Å². The third-order valence-electron chi connectivity index (χ3n) is 5.86. The van der Waals surface area contributed by atoms with E-state index in [-0.39, 0.29) is 10.4 Å². The first kappa shape index (κ1) is 20.1. The van der Waals surface area contributed by atoms with E-state index in [2.05, 4.69) is 0 Å². The number of fused-ring (bicyclic) bond motifs is 1. The van der Waals surface area contributed by atoms with Gasteiger partial charge < -0.3 is 9.31 Å². The number of hydrogen-bond acceptors (Lipinski definition) is 4. The maximum Gasteiger partial charge on any atom is 0.497 e. The maximum absolute atomic E-state index is 14.8. The van der Waals surface area contributed by atoms with Gasteiger partial charge in [-0.05, 0) is 52.8 Å². The van der Waals surface area contributed by atoms with Crippen LogP contribution in [0.4, 0.5) is 4.39 Å². The molecule has 2 heterocycles. The molecule has 0 radical (unpaired) electrons. The van der Waals surface area contributed by atoms with Crippen molar-refractivity contribution in [2.45, 2.75) is 50.7 Å². The number of benzene rings is 2. The van der Waals surface area contributed by atoms with Crippen LogP contribution in [0.3, 0.4) is 0 Å². The SMILES string of the molecule is Cc1ccc(S(=O)(=O)n2cc(B3OC(C)(C)C(C)(C)O3)c3cccc(F)c32)cc1. The summed E-state index contributed by atoms with van der Waals surface area (Å²) in [7, 11) is -4.81. The van der Waals surface area contributed by atoms with Gasteiger partial charge in [0, 0.05) is 17.0 Å². The van der Waals surface area contributed by atoms with Gasteiger partial charge in [0.2, 0.25) is 0 Å². The predicted octanol–water partition coefficient (Wildman–Crippen LogP) is 3.63. The lowest BCUT2D eigenvalue weighted by atomic mass is 9.79. The Hall–Kier alpha value is -2.16. The Labute approximate surface area is 170 Å². The average Bonchev–Trinajstić information content (AvgIpc) is 3.12. The average molecular weight is 415 g/mol. The zero-order chi connectivity index (χ0) is 21.2. The molecule has 0 amide bonds. The number of hydrogen-bond donors (Lipinski definition) is 0. The summed E-state index contributed by atoms with van der Waals surface area (Å²) in [5, 5.41) is 0.444. The topological polar surface area (TPSA) is 57.5 Å². The van der Waals surface area contributed by atoms with Crippen molar-refractivity contribution in [1.29, 1.82) is 0 Å². The zero-order valence-corrected chi connectivity index (χ0v) is 17.9. The quantitative estimate of drug-likeness (QED) is 0.614. The van der Waals surface area contributed by atoms with Crippen molar-refractivity contribution >= 4 is 33.5 Å². The molecular weight excluding hydrogens is 392 g/mol. The van der Waals surface area contributed by atoms with Crippen molar-refractivity contribution in [3.63, 3.8) is 0 Å². The van der Waals surface area contributed by atoms with E-state index in [0.717, 1.165) is 9.54 Å². The molecule has 0 unspecified atom stereocenters. The van der Waals surface area contributed by atoms with Crippen molar-refractivity contribution in [3.05, 3.63) is 60.0 Å². The summed E-state index contributed by atoms with van der Waals surface area (Å²) in [5.74, 6) is -0.624. The van der Waals surface area contributed by atoms with Gasteiger partial charge in [0.05, 0.1) is 21.6 Å². The van der Waals surface area contributed by atoms with Gasteiger partial charge in [-0.15, -0.1) is 0 Å². The molecule has 0 spiro atoms. The van der Waals surface area contributed by atoms with Crippen LogP contribution in [0.1, 0.15) is 33.3 Å². The minimum absolute atomic E-state index is 0.0159. The minimum atomic E-state index is -4.01. The minimum Gasteiger partial charge on any atom is -0.399 e. The molecule has 0 aliphatic carbocycles.